The van der Waals surface area contributed by atoms with E-state index in [4.69, 9.17) is 5.73 Å². The van der Waals surface area contributed by atoms with Gasteiger partial charge in [0, 0.05) is 19.1 Å². The van der Waals surface area contributed by atoms with Gasteiger partial charge in [-0.25, -0.2) is 12.7 Å². The van der Waals surface area contributed by atoms with Crippen LogP contribution in [0.25, 0.3) is 0 Å². The van der Waals surface area contributed by atoms with E-state index < -0.39 is 10.0 Å². The summed E-state index contributed by atoms with van der Waals surface area (Å²) >= 11 is 0. The van der Waals surface area contributed by atoms with Gasteiger partial charge >= 0.3 is 0 Å². The van der Waals surface area contributed by atoms with Crippen LogP contribution in [-0.4, -0.2) is 37.6 Å². The minimum absolute atomic E-state index is 0. The molecule has 0 aliphatic carbocycles. The van der Waals surface area contributed by atoms with Crippen LogP contribution in [0, 0.1) is 5.92 Å². The zero-order valence-corrected chi connectivity index (χ0v) is 13.4. The van der Waals surface area contributed by atoms with Crippen LogP contribution >= 0.6 is 12.4 Å². The zero-order chi connectivity index (χ0) is 13.9. The quantitative estimate of drug-likeness (QED) is 0.898. The highest BCUT2D eigenvalue weighted by molar-refractivity contribution is 7.89. The van der Waals surface area contributed by atoms with Crippen molar-refractivity contribution >= 4 is 22.4 Å². The highest BCUT2D eigenvalue weighted by Gasteiger charge is 2.32. The summed E-state index contributed by atoms with van der Waals surface area (Å²) < 4.78 is 26.1. The fourth-order valence-corrected chi connectivity index (χ4v) is 4.01. The Kier molecular flexibility index (Phi) is 6.45. The van der Waals surface area contributed by atoms with Crippen molar-refractivity contribution in [1.29, 1.82) is 0 Å². The first-order valence-electron chi connectivity index (χ1n) is 6.76. The molecule has 0 amide bonds. The summed E-state index contributed by atoms with van der Waals surface area (Å²) in [4.78, 5) is 0. The van der Waals surface area contributed by atoms with Crippen LogP contribution in [0.4, 0.5) is 0 Å². The van der Waals surface area contributed by atoms with Crippen molar-refractivity contribution in [1.82, 2.24) is 4.31 Å². The fraction of sp³-hybridized carbons (Fsp3) is 0.571. The van der Waals surface area contributed by atoms with Crippen LogP contribution in [0.5, 0.6) is 0 Å². The summed E-state index contributed by atoms with van der Waals surface area (Å²) in [6.45, 7) is 3.14. The number of benzene rings is 1. The molecule has 2 rings (SSSR count). The average molecular weight is 319 g/mol. The Hall–Kier alpha value is -0.620. The molecule has 1 aromatic rings. The standard InChI is InChI=1S/C14H22N2O2S.ClH/c1-12(15)14-7-9-16(11-14)19(17,18)10-8-13-5-3-2-4-6-13;/h2-6,12,14H,7-11,15H2,1H3;1H. The molecule has 2 atom stereocenters. The molecule has 0 saturated carbocycles. The predicted molar refractivity (Wildman–Crippen MR) is 84.5 cm³/mol. The van der Waals surface area contributed by atoms with Crippen LogP contribution in [0.15, 0.2) is 30.3 Å². The Labute approximate surface area is 127 Å². The molecule has 2 N–H and O–H groups in total. The van der Waals surface area contributed by atoms with Gasteiger partial charge in [0.1, 0.15) is 0 Å². The summed E-state index contributed by atoms with van der Waals surface area (Å²) in [6, 6.07) is 9.79. The lowest BCUT2D eigenvalue weighted by atomic mass is 10.0. The summed E-state index contributed by atoms with van der Waals surface area (Å²) in [5.74, 6) is 0.481. The van der Waals surface area contributed by atoms with E-state index in [0.717, 1.165) is 12.0 Å². The Bertz CT molecular complexity index is 505. The Morgan fingerprint density at radius 2 is 2.00 bits per heavy atom. The molecule has 0 spiro atoms. The number of halogens is 1. The molecule has 0 aromatic heterocycles. The fourth-order valence-electron chi connectivity index (χ4n) is 2.46. The van der Waals surface area contributed by atoms with E-state index in [0.29, 0.717) is 25.4 Å². The lowest BCUT2D eigenvalue weighted by Crippen LogP contribution is -2.34. The maximum atomic E-state index is 12.3. The molecule has 4 nitrogen and oxygen atoms in total. The maximum Gasteiger partial charge on any atom is 0.214 e. The molecule has 20 heavy (non-hydrogen) atoms. The summed E-state index contributed by atoms with van der Waals surface area (Å²) in [5.41, 5.74) is 6.91. The van der Waals surface area contributed by atoms with E-state index in [1.807, 2.05) is 37.3 Å². The molecule has 114 valence electrons. The van der Waals surface area contributed by atoms with Gasteiger partial charge < -0.3 is 5.73 Å². The third-order valence-electron chi connectivity index (χ3n) is 3.82. The van der Waals surface area contributed by atoms with Crippen LogP contribution in [0.1, 0.15) is 18.9 Å². The minimum atomic E-state index is -3.15. The van der Waals surface area contributed by atoms with Gasteiger partial charge in [-0.15, -0.1) is 12.4 Å². The minimum Gasteiger partial charge on any atom is -0.328 e. The number of hydrogen-bond donors (Lipinski definition) is 1. The van der Waals surface area contributed by atoms with Crippen molar-refractivity contribution in [3.63, 3.8) is 0 Å². The zero-order valence-electron chi connectivity index (χ0n) is 11.7. The largest absolute Gasteiger partial charge is 0.328 e. The summed E-state index contributed by atoms with van der Waals surface area (Å²) in [5, 5.41) is 0. The molecule has 1 aliphatic rings. The maximum absolute atomic E-state index is 12.3. The second-order valence-corrected chi connectivity index (χ2v) is 7.41. The highest BCUT2D eigenvalue weighted by atomic mass is 35.5. The molecule has 1 fully saturated rings. The smallest absolute Gasteiger partial charge is 0.214 e. The van der Waals surface area contributed by atoms with Crippen molar-refractivity contribution < 1.29 is 8.42 Å². The van der Waals surface area contributed by atoms with Gasteiger partial charge in [-0.05, 0) is 31.2 Å². The van der Waals surface area contributed by atoms with Crippen LogP contribution in [-0.2, 0) is 16.4 Å². The van der Waals surface area contributed by atoms with Crippen LogP contribution in [0.3, 0.4) is 0 Å². The third-order valence-corrected chi connectivity index (χ3v) is 5.65. The first-order valence-corrected chi connectivity index (χ1v) is 8.37. The number of nitrogens with zero attached hydrogens (tertiary/aromatic N) is 1. The number of hydrogen-bond acceptors (Lipinski definition) is 3. The molecule has 0 bridgehead atoms. The van der Waals surface area contributed by atoms with E-state index in [9.17, 15) is 8.42 Å². The van der Waals surface area contributed by atoms with Crippen molar-refractivity contribution in [2.45, 2.75) is 25.8 Å². The number of rotatable bonds is 5. The monoisotopic (exact) mass is 318 g/mol. The van der Waals surface area contributed by atoms with Gasteiger partial charge in [0.2, 0.25) is 10.0 Å². The SMILES string of the molecule is CC(N)C1CCN(S(=O)(=O)CCc2ccccc2)C1.Cl. The second-order valence-electron chi connectivity index (χ2n) is 5.32. The van der Waals surface area contributed by atoms with Gasteiger partial charge in [0.15, 0.2) is 0 Å². The van der Waals surface area contributed by atoms with E-state index in [-0.39, 0.29) is 24.2 Å². The Morgan fingerprint density at radius 1 is 1.35 bits per heavy atom. The van der Waals surface area contributed by atoms with Gasteiger partial charge in [-0.3, -0.25) is 0 Å². The van der Waals surface area contributed by atoms with E-state index in [2.05, 4.69) is 0 Å². The van der Waals surface area contributed by atoms with E-state index >= 15 is 0 Å². The highest BCUT2D eigenvalue weighted by Crippen LogP contribution is 2.22. The van der Waals surface area contributed by atoms with Crippen molar-refractivity contribution in [2.24, 2.45) is 11.7 Å². The molecule has 1 aliphatic heterocycles. The molecule has 1 aromatic carbocycles. The first kappa shape index (κ1) is 17.4. The molecular weight excluding hydrogens is 296 g/mol. The topological polar surface area (TPSA) is 63.4 Å². The third kappa shape index (κ3) is 4.45. The van der Waals surface area contributed by atoms with Crippen molar-refractivity contribution in [3.8, 4) is 0 Å². The van der Waals surface area contributed by atoms with Crippen LogP contribution in [0.2, 0.25) is 0 Å². The molecule has 2 unspecified atom stereocenters. The lowest BCUT2D eigenvalue weighted by molar-refractivity contribution is 0.429. The summed E-state index contributed by atoms with van der Waals surface area (Å²) in [6.07, 6.45) is 1.45. The molecule has 1 heterocycles. The van der Waals surface area contributed by atoms with Gasteiger partial charge in [-0.1, -0.05) is 30.3 Å². The van der Waals surface area contributed by atoms with E-state index in [1.54, 1.807) is 4.31 Å². The Morgan fingerprint density at radius 3 is 2.55 bits per heavy atom. The normalized spacial score (nSPS) is 21.4. The van der Waals surface area contributed by atoms with E-state index in [1.165, 1.54) is 0 Å². The van der Waals surface area contributed by atoms with Gasteiger partial charge in [-0.2, -0.15) is 0 Å². The lowest BCUT2D eigenvalue weighted by Gasteiger charge is -2.18. The molecule has 1 saturated heterocycles. The molecule has 0 radical (unpaired) electrons. The number of sulfonamides is 1. The number of aryl methyl sites for hydroxylation is 1. The predicted octanol–water partition coefficient (Wildman–Crippen LogP) is 1.65. The van der Waals surface area contributed by atoms with Crippen molar-refractivity contribution in [3.05, 3.63) is 35.9 Å². The average Bonchev–Trinajstić information content (AvgIpc) is 2.88. The second kappa shape index (κ2) is 7.41. The molecule has 6 heteroatoms. The van der Waals surface area contributed by atoms with Crippen LogP contribution < -0.4 is 5.73 Å². The van der Waals surface area contributed by atoms with Crippen molar-refractivity contribution in [2.75, 3.05) is 18.8 Å². The van der Waals surface area contributed by atoms with Gasteiger partial charge in [0.25, 0.3) is 0 Å². The first-order chi connectivity index (χ1) is 8.99. The number of nitrogens with two attached hydrogens (primary N) is 1. The molecular formula is C14H23ClN2O2S. The van der Waals surface area contributed by atoms with Gasteiger partial charge in [0.05, 0.1) is 5.75 Å². The summed E-state index contributed by atoms with van der Waals surface area (Å²) in [7, 11) is -3.15. The Balaban J connectivity index is 0.00000200.